The quantitative estimate of drug-likeness (QED) is 0.350. The topological polar surface area (TPSA) is 51.2 Å². The molecule has 0 N–H and O–H groups in total. The van der Waals surface area contributed by atoms with Gasteiger partial charge in [-0.1, -0.05) is 17.5 Å². The van der Waals surface area contributed by atoms with Crippen LogP contribution in [0.4, 0.5) is 5.69 Å². The van der Waals surface area contributed by atoms with Gasteiger partial charge in [-0.15, -0.1) is 6.42 Å². The molecule has 0 aliphatic carbocycles. The van der Waals surface area contributed by atoms with E-state index in [9.17, 15) is 4.79 Å². The number of hydrogen-bond acceptors (Lipinski definition) is 5. The molecule has 1 aliphatic rings. The maximum Gasteiger partial charge on any atom is 0.281 e. The highest BCUT2D eigenvalue weighted by Gasteiger charge is 2.36. The Morgan fingerprint density at radius 1 is 1.23 bits per heavy atom. The Hall–Kier alpha value is -3.21. The lowest BCUT2D eigenvalue weighted by atomic mass is 10.1. The van der Waals surface area contributed by atoms with E-state index >= 15 is 0 Å². The van der Waals surface area contributed by atoms with Crippen LogP contribution in [-0.2, 0) is 4.79 Å². The van der Waals surface area contributed by atoms with Gasteiger partial charge in [-0.05, 0) is 67.2 Å². The summed E-state index contributed by atoms with van der Waals surface area (Å²) in [6, 6.07) is 10.6. The molecule has 0 aromatic heterocycles. The van der Waals surface area contributed by atoms with E-state index in [2.05, 4.69) is 5.92 Å². The second-order valence-electron chi connectivity index (χ2n) is 6.47. The minimum absolute atomic E-state index is 0.0586. The van der Waals surface area contributed by atoms with Gasteiger partial charge >= 0.3 is 0 Å². The fourth-order valence-corrected chi connectivity index (χ4v) is 3.64. The minimum atomic E-state index is -0.251. The summed E-state index contributed by atoms with van der Waals surface area (Å²) >= 11 is 11.9. The highest BCUT2D eigenvalue weighted by molar-refractivity contribution is 7.80. The van der Waals surface area contributed by atoms with Crippen molar-refractivity contribution in [3.05, 3.63) is 52.7 Å². The smallest absolute Gasteiger partial charge is 0.281 e. The molecule has 1 heterocycles. The first-order valence-electron chi connectivity index (χ1n) is 9.41. The highest BCUT2D eigenvalue weighted by atomic mass is 35.5. The van der Waals surface area contributed by atoms with Gasteiger partial charge in [0, 0.05) is 7.05 Å². The first-order valence-corrected chi connectivity index (χ1v) is 10.2. The molecule has 1 saturated heterocycles. The van der Waals surface area contributed by atoms with E-state index < -0.39 is 0 Å². The molecule has 1 amide bonds. The molecule has 0 bridgehead atoms. The Morgan fingerprint density at radius 2 is 1.94 bits per heavy atom. The number of amides is 1. The molecule has 160 valence electrons. The van der Waals surface area contributed by atoms with Gasteiger partial charge in [0.05, 0.1) is 24.4 Å². The summed E-state index contributed by atoms with van der Waals surface area (Å²) in [7, 11) is 3.24. The molecule has 0 unspecified atom stereocenters. The summed E-state index contributed by atoms with van der Waals surface area (Å²) in [6.07, 6.45) is 6.95. The maximum absolute atomic E-state index is 13.2. The SMILES string of the molecule is C#CCOc1c(Cl)cc(/C=C2/C(=O)N(c3ccc(OCC)cc3)C(=S)N2C)cc1OC. The van der Waals surface area contributed by atoms with Crippen LogP contribution in [0.1, 0.15) is 12.5 Å². The van der Waals surface area contributed by atoms with Crippen LogP contribution in [0.5, 0.6) is 17.2 Å². The standard InChI is InChI=1S/C23H21ClN2O4S/c1-5-11-30-21-18(24)12-15(14-20(21)28-4)13-19-22(27)26(23(31)25(19)3)16-7-9-17(10-8-16)29-6-2/h1,7-10,12-14H,6,11H2,2-4H3/b19-13-. The number of rotatable bonds is 7. The molecule has 6 nitrogen and oxygen atoms in total. The molecule has 0 spiro atoms. The Labute approximate surface area is 191 Å². The average molecular weight is 457 g/mol. The van der Waals surface area contributed by atoms with Crippen molar-refractivity contribution in [2.75, 3.05) is 32.3 Å². The third-order valence-electron chi connectivity index (χ3n) is 4.52. The number of halogens is 1. The average Bonchev–Trinajstić information content (AvgIpc) is 2.97. The van der Waals surface area contributed by atoms with Gasteiger partial charge in [-0.25, -0.2) is 0 Å². The first-order chi connectivity index (χ1) is 14.9. The highest BCUT2D eigenvalue weighted by Crippen LogP contribution is 2.38. The number of anilines is 1. The summed E-state index contributed by atoms with van der Waals surface area (Å²) in [5, 5.41) is 0.688. The number of carbonyl (C=O) groups excluding carboxylic acids is 1. The lowest BCUT2D eigenvalue weighted by molar-refractivity contribution is -0.114. The third kappa shape index (κ3) is 4.61. The predicted octanol–water partition coefficient (Wildman–Crippen LogP) is 4.36. The molecule has 2 aromatic carbocycles. The number of nitrogens with zero attached hydrogens (tertiary/aromatic N) is 2. The van der Waals surface area contributed by atoms with Gasteiger partial charge < -0.3 is 19.1 Å². The number of ether oxygens (including phenoxy) is 3. The van der Waals surface area contributed by atoms with Crippen LogP contribution in [0.3, 0.4) is 0 Å². The molecule has 1 aliphatic heterocycles. The number of benzene rings is 2. The lowest BCUT2D eigenvalue weighted by Gasteiger charge is -2.16. The van der Waals surface area contributed by atoms with Crippen LogP contribution < -0.4 is 19.1 Å². The van der Waals surface area contributed by atoms with Gasteiger partial charge in [-0.3, -0.25) is 9.69 Å². The number of likely N-dealkylation sites (N-methyl/N-ethyl adjacent to an activating group) is 1. The van der Waals surface area contributed by atoms with Crippen molar-refractivity contribution >= 4 is 46.6 Å². The van der Waals surface area contributed by atoms with Crippen LogP contribution in [0.25, 0.3) is 6.08 Å². The van der Waals surface area contributed by atoms with Gasteiger partial charge in [-0.2, -0.15) is 0 Å². The third-order valence-corrected chi connectivity index (χ3v) is 5.26. The van der Waals surface area contributed by atoms with E-state index in [0.29, 0.717) is 45.2 Å². The van der Waals surface area contributed by atoms with Crippen LogP contribution in [-0.4, -0.2) is 43.3 Å². The van der Waals surface area contributed by atoms with Gasteiger partial charge in [0.25, 0.3) is 5.91 Å². The van der Waals surface area contributed by atoms with Crippen molar-refractivity contribution < 1.29 is 19.0 Å². The first kappa shape index (κ1) is 22.5. The molecule has 0 radical (unpaired) electrons. The molecule has 2 aromatic rings. The van der Waals surface area contributed by atoms with E-state index in [-0.39, 0.29) is 12.5 Å². The van der Waals surface area contributed by atoms with Crippen molar-refractivity contribution in [1.82, 2.24) is 4.90 Å². The van der Waals surface area contributed by atoms with Crippen LogP contribution in [0.15, 0.2) is 42.1 Å². The summed E-state index contributed by atoms with van der Waals surface area (Å²) in [5.74, 6) is 3.62. The van der Waals surface area contributed by atoms with Crippen molar-refractivity contribution in [2.45, 2.75) is 6.92 Å². The van der Waals surface area contributed by atoms with Crippen LogP contribution in [0, 0.1) is 12.3 Å². The van der Waals surface area contributed by atoms with Crippen molar-refractivity contribution in [3.8, 4) is 29.6 Å². The van der Waals surface area contributed by atoms with Gasteiger partial charge in [0.2, 0.25) is 0 Å². The molecular weight excluding hydrogens is 436 g/mol. The summed E-state index contributed by atoms with van der Waals surface area (Å²) in [5.41, 5.74) is 1.71. The zero-order valence-electron chi connectivity index (χ0n) is 17.3. The fraction of sp³-hybridized carbons (Fsp3) is 0.217. The largest absolute Gasteiger partial charge is 0.494 e. The number of methoxy groups -OCH3 is 1. The fourth-order valence-electron chi connectivity index (χ4n) is 3.08. The van der Waals surface area contributed by atoms with E-state index in [1.807, 2.05) is 6.92 Å². The molecule has 1 fully saturated rings. The van der Waals surface area contributed by atoms with Crippen LogP contribution >= 0.6 is 23.8 Å². The van der Waals surface area contributed by atoms with E-state index in [0.717, 1.165) is 5.75 Å². The predicted molar refractivity (Wildman–Crippen MR) is 126 cm³/mol. The molecule has 3 rings (SSSR count). The maximum atomic E-state index is 13.2. The lowest BCUT2D eigenvalue weighted by Crippen LogP contribution is -2.31. The monoisotopic (exact) mass is 456 g/mol. The zero-order chi connectivity index (χ0) is 22.5. The summed E-state index contributed by atoms with van der Waals surface area (Å²) in [6.45, 7) is 2.53. The Morgan fingerprint density at radius 3 is 2.55 bits per heavy atom. The molecule has 0 atom stereocenters. The Kier molecular flexibility index (Phi) is 7.06. The Bertz CT molecular complexity index is 1080. The summed E-state index contributed by atoms with van der Waals surface area (Å²) in [4.78, 5) is 16.3. The number of carbonyl (C=O) groups is 1. The second kappa shape index (κ2) is 9.73. The molecule has 31 heavy (non-hydrogen) atoms. The van der Waals surface area contributed by atoms with Gasteiger partial charge in [0.1, 0.15) is 18.1 Å². The van der Waals surface area contributed by atoms with Crippen molar-refractivity contribution in [1.29, 1.82) is 0 Å². The number of thiocarbonyl (C=S) groups is 1. The van der Waals surface area contributed by atoms with Crippen molar-refractivity contribution in [2.24, 2.45) is 0 Å². The minimum Gasteiger partial charge on any atom is -0.494 e. The van der Waals surface area contributed by atoms with E-state index in [1.165, 1.54) is 12.0 Å². The number of terminal acetylenes is 1. The molecule has 0 saturated carbocycles. The Balaban J connectivity index is 1.94. The molecule has 8 heteroatoms. The van der Waals surface area contributed by atoms with E-state index in [1.54, 1.807) is 54.4 Å². The molecular formula is C23H21ClN2O4S. The summed E-state index contributed by atoms with van der Waals surface area (Å²) < 4.78 is 16.3. The van der Waals surface area contributed by atoms with Crippen molar-refractivity contribution in [3.63, 3.8) is 0 Å². The number of hydrogen-bond donors (Lipinski definition) is 0. The normalized spacial score (nSPS) is 14.7. The van der Waals surface area contributed by atoms with E-state index in [4.69, 9.17) is 44.5 Å². The zero-order valence-corrected chi connectivity index (χ0v) is 18.9. The van der Waals surface area contributed by atoms with Gasteiger partial charge in [0.15, 0.2) is 16.6 Å². The second-order valence-corrected chi connectivity index (χ2v) is 7.24. The van der Waals surface area contributed by atoms with Crippen LogP contribution in [0.2, 0.25) is 5.02 Å².